The van der Waals surface area contributed by atoms with Crippen LogP contribution in [0.5, 0.6) is 0 Å². The van der Waals surface area contributed by atoms with Gasteiger partial charge in [0.2, 0.25) is 0 Å². The number of carbonyl (C=O) groups excluding carboxylic acids is 1. The molecule has 1 amide bonds. The topological polar surface area (TPSA) is 119 Å². The van der Waals surface area contributed by atoms with Crippen molar-refractivity contribution in [2.75, 3.05) is 26.2 Å². The van der Waals surface area contributed by atoms with Gasteiger partial charge in [0.05, 0.1) is 4.92 Å². The van der Waals surface area contributed by atoms with Crippen LogP contribution in [0.2, 0.25) is 0 Å². The van der Waals surface area contributed by atoms with E-state index in [2.05, 4.69) is 5.32 Å². The minimum atomic E-state index is -4.40. The number of carbonyl (C=O) groups is 1. The number of benzene rings is 1. The fraction of sp³-hybridized carbons (Fsp3) is 0.533. The molecule has 1 fully saturated rings. The van der Waals surface area contributed by atoms with Gasteiger partial charge in [-0.3, -0.25) is 10.1 Å². The van der Waals surface area contributed by atoms with E-state index in [1.54, 1.807) is 20.8 Å². The van der Waals surface area contributed by atoms with Gasteiger partial charge < -0.3 is 14.4 Å². The van der Waals surface area contributed by atoms with Crippen molar-refractivity contribution in [3.05, 3.63) is 33.9 Å². The summed E-state index contributed by atoms with van der Waals surface area (Å²) >= 11 is 0. The maximum absolute atomic E-state index is 12.6. The summed E-state index contributed by atoms with van der Waals surface area (Å²) in [5, 5.41) is 14.0. The SMILES string of the molecule is CC(C)(C)c1cc([N+](=O)[O-])ccc1S(=O)(=O)OC(=O)N1CCNCC1. The molecule has 138 valence electrons. The third-order valence-corrected chi connectivity index (χ3v) is 5.06. The molecule has 1 N–H and O–H groups in total. The van der Waals surface area contributed by atoms with Crippen molar-refractivity contribution in [2.24, 2.45) is 0 Å². The standard InChI is InChI=1S/C15H21N3O6S/c1-15(2,3)12-10-11(18(20)21)4-5-13(12)25(22,23)24-14(19)17-8-6-16-7-9-17/h4-5,10,16H,6-9H2,1-3H3. The van der Waals surface area contributed by atoms with E-state index in [-0.39, 0.29) is 16.1 Å². The van der Waals surface area contributed by atoms with E-state index >= 15 is 0 Å². The second-order valence-electron chi connectivity index (χ2n) is 6.73. The second-order valence-corrected chi connectivity index (χ2v) is 8.24. The number of piperazine rings is 1. The van der Waals surface area contributed by atoms with Gasteiger partial charge in [0.15, 0.2) is 0 Å². The lowest BCUT2D eigenvalue weighted by atomic mass is 9.87. The van der Waals surface area contributed by atoms with Crippen molar-refractivity contribution in [3.63, 3.8) is 0 Å². The van der Waals surface area contributed by atoms with Crippen LogP contribution in [0.1, 0.15) is 26.3 Å². The molecule has 0 radical (unpaired) electrons. The number of hydrogen-bond donors (Lipinski definition) is 1. The molecule has 10 heteroatoms. The highest BCUT2D eigenvalue weighted by Crippen LogP contribution is 2.33. The lowest BCUT2D eigenvalue weighted by molar-refractivity contribution is -0.385. The predicted octanol–water partition coefficient (Wildman–Crippen LogP) is 1.62. The summed E-state index contributed by atoms with van der Waals surface area (Å²) in [6, 6.07) is 3.39. The number of nitro groups is 1. The van der Waals surface area contributed by atoms with Crippen LogP contribution in [0.25, 0.3) is 0 Å². The molecule has 0 unspecified atom stereocenters. The Labute approximate surface area is 146 Å². The Kier molecular flexibility index (Phi) is 5.33. The van der Waals surface area contributed by atoms with Gasteiger partial charge in [-0.25, -0.2) is 4.79 Å². The first kappa shape index (κ1) is 19.1. The van der Waals surface area contributed by atoms with Gasteiger partial charge in [-0.15, -0.1) is 0 Å². The van der Waals surface area contributed by atoms with Gasteiger partial charge in [-0.2, -0.15) is 8.42 Å². The Hall–Kier alpha value is -2.20. The number of nitro benzene ring substituents is 1. The van der Waals surface area contributed by atoms with Crippen LogP contribution in [-0.4, -0.2) is 50.5 Å². The van der Waals surface area contributed by atoms with E-state index in [4.69, 9.17) is 4.18 Å². The largest absolute Gasteiger partial charge is 0.425 e. The van der Waals surface area contributed by atoms with Crippen molar-refractivity contribution in [3.8, 4) is 0 Å². The molecule has 0 atom stereocenters. The average molecular weight is 371 g/mol. The minimum absolute atomic E-state index is 0.217. The first-order valence-corrected chi connectivity index (χ1v) is 9.16. The highest BCUT2D eigenvalue weighted by atomic mass is 32.2. The van der Waals surface area contributed by atoms with Crippen LogP contribution in [0, 0.1) is 10.1 Å². The van der Waals surface area contributed by atoms with E-state index in [0.29, 0.717) is 26.2 Å². The molecule has 0 aliphatic carbocycles. The van der Waals surface area contributed by atoms with E-state index in [9.17, 15) is 23.3 Å². The van der Waals surface area contributed by atoms with Crippen molar-refractivity contribution in [2.45, 2.75) is 31.1 Å². The molecule has 0 saturated carbocycles. The maximum atomic E-state index is 12.6. The van der Waals surface area contributed by atoms with Gasteiger partial charge in [0, 0.05) is 38.3 Å². The van der Waals surface area contributed by atoms with Gasteiger partial charge >= 0.3 is 16.2 Å². The summed E-state index contributed by atoms with van der Waals surface area (Å²) in [7, 11) is -4.40. The van der Waals surface area contributed by atoms with Crippen molar-refractivity contribution < 1.29 is 22.3 Å². The van der Waals surface area contributed by atoms with E-state index in [1.807, 2.05) is 0 Å². The Morgan fingerprint density at radius 1 is 1.28 bits per heavy atom. The molecule has 0 spiro atoms. The van der Waals surface area contributed by atoms with E-state index in [1.165, 1.54) is 11.0 Å². The summed E-state index contributed by atoms with van der Waals surface area (Å²) in [4.78, 5) is 23.6. The Morgan fingerprint density at radius 3 is 2.40 bits per heavy atom. The monoisotopic (exact) mass is 371 g/mol. The molecule has 2 rings (SSSR count). The molecule has 1 aliphatic rings. The first-order valence-electron chi connectivity index (χ1n) is 7.75. The van der Waals surface area contributed by atoms with Crippen molar-refractivity contribution >= 4 is 21.9 Å². The third-order valence-electron chi connectivity index (χ3n) is 3.81. The van der Waals surface area contributed by atoms with Gasteiger partial charge in [-0.1, -0.05) is 20.8 Å². The first-order chi connectivity index (χ1) is 11.5. The summed E-state index contributed by atoms with van der Waals surface area (Å²) in [5.41, 5.74) is -0.706. The van der Waals surface area contributed by atoms with Gasteiger partial charge in [0.25, 0.3) is 5.69 Å². The Morgan fingerprint density at radius 2 is 1.88 bits per heavy atom. The summed E-state index contributed by atoms with van der Waals surface area (Å²) < 4.78 is 29.9. The van der Waals surface area contributed by atoms with Crippen LogP contribution in [-0.2, 0) is 19.7 Å². The molecule has 1 aromatic rings. The molecular formula is C15H21N3O6S. The zero-order chi connectivity index (χ0) is 18.8. The van der Waals surface area contributed by atoms with Crippen molar-refractivity contribution in [1.82, 2.24) is 10.2 Å². The number of hydrogen-bond acceptors (Lipinski definition) is 7. The maximum Gasteiger partial charge on any atom is 0.425 e. The lowest BCUT2D eigenvalue weighted by Crippen LogP contribution is -2.47. The molecule has 9 nitrogen and oxygen atoms in total. The normalized spacial score (nSPS) is 15.7. The molecule has 0 aromatic heterocycles. The Bertz CT molecular complexity index is 779. The van der Waals surface area contributed by atoms with Crippen LogP contribution in [0.3, 0.4) is 0 Å². The fourth-order valence-corrected chi connectivity index (χ4v) is 3.73. The van der Waals surface area contributed by atoms with Gasteiger partial charge in [0.1, 0.15) is 4.90 Å². The molecule has 1 saturated heterocycles. The molecular weight excluding hydrogens is 350 g/mol. The predicted molar refractivity (Wildman–Crippen MR) is 89.9 cm³/mol. The number of amides is 1. The molecule has 1 aromatic carbocycles. The number of nitrogens with zero attached hydrogens (tertiary/aromatic N) is 2. The van der Waals surface area contributed by atoms with Crippen LogP contribution in [0.15, 0.2) is 23.1 Å². The van der Waals surface area contributed by atoms with E-state index in [0.717, 1.165) is 12.1 Å². The zero-order valence-electron chi connectivity index (χ0n) is 14.3. The van der Waals surface area contributed by atoms with Crippen LogP contribution < -0.4 is 5.32 Å². The Balaban J connectivity index is 2.37. The zero-order valence-corrected chi connectivity index (χ0v) is 15.1. The summed E-state index contributed by atoms with van der Waals surface area (Å²) in [5.74, 6) is 0. The smallest absolute Gasteiger partial charge is 0.324 e. The number of non-ortho nitro benzene ring substituents is 1. The number of rotatable bonds is 3. The third kappa shape index (κ3) is 4.45. The fourth-order valence-electron chi connectivity index (χ4n) is 2.47. The van der Waals surface area contributed by atoms with E-state index < -0.39 is 26.5 Å². The highest BCUT2D eigenvalue weighted by Gasteiger charge is 2.32. The summed E-state index contributed by atoms with van der Waals surface area (Å²) in [6.45, 7) is 6.98. The van der Waals surface area contributed by atoms with Gasteiger partial charge in [-0.05, 0) is 17.0 Å². The van der Waals surface area contributed by atoms with Crippen molar-refractivity contribution in [1.29, 1.82) is 0 Å². The highest BCUT2D eigenvalue weighted by molar-refractivity contribution is 7.87. The molecule has 1 aliphatic heterocycles. The molecule has 1 heterocycles. The number of nitrogens with one attached hydrogen (secondary N) is 1. The van der Waals surface area contributed by atoms with Crippen LogP contribution in [0.4, 0.5) is 10.5 Å². The second kappa shape index (κ2) is 6.96. The van der Waals surface area contributed by atoms with Crippen LogP contribution >= 0.6 is 0 Å². The quantitative estimate of drug-likeness (QED) is 0.487. The summed E-state index contributed by atoms with van der Waals surface area (Å²) in [6.07, 6.45) is -0.945. The lowest BCUT2D eigenvalue weighted by Gasteiger charge is -2.27. The minimum Gasteiger partial charge on any atom is -0.324 e. The molecule has 0 bridgehead atoms. The molecule has 25 heavy (non-hydrogen) atoms. The average Bonchev–Trinajstić information content (AvgIpc) is 2.53.